The lowest BCUT2D eigenvalue weighted by Crippen LogP contribution is -2.18. The minimum absolute atomic E-state index is 0.00575. The SMILES string of the molecule is CC(C)(C)SCC(=O)Nc1ccc2c(c1)OCO2. The van der Waals surface area contributed by atoms with Crippen molar-refractivity contribution in [3.63, 3.8) is 0 Å². The van der Waals surface area contributed by atoms with Gasteiger partial charge in [-0.1, -0.05) is 20.8 Å². The van der Waals surface area contributed by atoms with Crippen molar-refractivity contribution in [1.82, 2.24) is 0 Å². The van der Waals surface area contributed by atoms with Gasteiger partial charge in [0, 0.05) is 16.5 Å². The average Bonchev–Trinajstić information content (AvgIpc) is 2.72. The topological polar surface area (TPSA) is 47.6 Å². The van der Waals surface area contributed by atoms with Crippen LogP contribution in [-0.2, 0) is 4.79 Å². The Morgan fingerprint density at radius 1 is 1.33 bits per heavy atom. The van der Waals surface area contributed by atoms with Gasteiger partial charge in [0.05, 0.1) is 5.75 Å². The lowest BCUT2D eigenvalue weighted by atomic mass is 10.3. The number of hydrogen-bond acceptors (Lipinski definition) is 4. The summed E-state index contributed by atoms with van der Waals surface area (Å²) in [7, 11) is 0. The lowest BCUT2D eigenvalue weighted by Gasteiger charge is -2.17. The quantitative estimate of drug-likeness (QED) is 0.914. The predicted molar refractivity (Wildman–Crippen MR) is 73.4 cm³/mol. The molecule has 1 aromatic rings. The Bertz CT molecular complexity index is 454. The number of nitrogens with one attached hydrogen (secondary N) is 1. The van der Waals surface area contributed by atoms with Gasteiger partial charge in [-0.2, -0.15) is 0 Å². The van der Waals surface area contributed by atoms with Gasteiger partial charge in [-0.3, -0.25) is 4.79 Å². The molecule has 1 aliphatic rings. The molecule has 1 amide bonds. The summed E-state index contributed by atoms with van der Waals surface area (Å²) >= 11 is 1.62. The van der Waals surface area contributed by atoms with E-state index in [1.54, 1.807) is 23.9 Å². The van der Waals surface area contributed by atoms with Gasteiger partial charge >= 0.3 is 0 Å². The summed E-state index contributed by atoms with van der Waals surface area (Å²) in [4.78, 5) is 11.8. The minimum Gasteiger partial charge on any atom is -0.454 e. The fourth-order valence-corrected chi connectivity index (χ4v) is 2.09. The highest BCUT2D eigenvalue weighted by molar-refractivity contribution is 8.01. The molecule has 1 heterocycles. The summed E-state index contributed by atoms with van der Waals surface area (Å²) in [6, 6.07) is 5.39. The van der Waals surface area contributed by atoms with Gasteiger partial charge in [0.1, 0.15) is 0 Å². The summed E-state index contributed by atoms with van der Waals surface area (Å²) < 4.78 is 10.6. The van der Waals surface area contributed by atoms with Crippen molar-refractivity contribution in [3.05, 3.63) is 18.2 Å². The molecule has 0 unspecified atom stereocenters. The second-order valence-electron chi connectivity index (χ2n) is 5.02. The van der Waals surface area contributed by atoms with Crippen LogP contribution in [0.2, 0.25) is 0 Å². The Morgan fingerprint density at radius 3 is 2.78 bits per heavy atom. The number of benzene rings is 1. The number of fused-ring (bicyclic) bond motifs is 1. The van der Waals surface area contributed by atoms with Crippen molar-refractivity contribution in [2.24, 2.45) is 0 Å². The Kier molecular flexibility index (Phi) is 3.71. The molecule has 0 saturated carbocycles. The van der Waals surface area contributed by atoms with Crippen LogP contribution in [0.25, 0.3) is 0 Å². The second kappa shape index (κ2) is 5.10. The van der Waals surface area contributed by atoms with E-state index in [1.807, 2.05) is 6.07 Å². The van der Waals surface area contributed by atoms with Gasteiger partial charge in [-0.25, -0.2) is 0 Å². The third-order valence-corrected chi connectivity index (χ3v) is 3.57. The Labute approximate surface area is 111 Å². The zero-order valence-corrected chi connectivity index (χ0v) is 11.6. The van der Waals surface area contributed by atoms with Gasteiger partial charge in [-0.15, -0.1) is 11.8 Å². The Morgan fingerprint density at radius 2 is 2.06 bits per heavy atom. The number of amides is 1. The fraction of sp³-hybridized carbons (Fsp3) is 0.462. The summed E-state index contributed by atoms with van der Waals surface area (Å²) in [5.41, 5.74) is 0.735. The van der Waals surface area contributed by atoms with Crippen LogP contribution in [0.4, 0.5) is 5.69 Å². The molecule has 98 valence electrons. The standard InChI is InChI=1S/C13H17NO3S/c1-13(2,3)18-7-12(15)14-9-4-5-10-11(6-9)17-8-16-10/h4-6H,7-8H2,1-3H3,(H,14,15). The number of carbonyl (C=O) groups is 1. The zero-order chi connectivity index (χ0) is 13.2. The Balaban J connectivity index is 1.91. The maximum absolute atomic E-state index is 11.8. The van der Waals surface area contributed by atoms with Crippen LogP contribution in [0.5, 0.6) is 11.5 Å². The van der Waals surface area contributed by atoms with E-state index in [4.69, 9.17) is 9.47 Å². The molecule has 0 bridgehead atoms. The average molecular weight is 267 g/mol. The molecule has 0 aliphatic carbocycles. The maximum Gasteiger partial charge on any atom is 0.234 e. The number of rotatable bonds is 3. The van der Waals surface area contributed by atoms with Crippen molar-refractivity contribution in [3.8, 4) is 11.5 Å². The van der Waals surface area contributed by atoms with E-state index >= 15 is 0 Å². The molecule has 1 N–H and O–H groups in total. The largest absolute Gasteiger partial charge is 0.454 e. The molecule has 1 aliphatic heterocycles. The lowest BCUT2D eigenvalue weighted by molar-refractivity contribution is -0.113. The van der Waals surface area contributed by atoms with Crippen molar-refractivity contribution in [1.29, 1.82) is 0 Å². The van der Waals surface area contributed by atoms with Crippen LogP contribution < -0.4 is 14.8 Å². The molecule has 4 nitrogen and oxygen atoms in total. The van der Waals surface area contributed by atoms with Crippen molar-refractivity contribution < 1.29 is 14.3 Å². The zero-order valence-electron chi connectivity index (χ0n) is 10.8. The van der Waals surface area contributed by atoms with Crippen LogP contribution in [-0.4, -0.2) is 23.2 Å². The van der Waals surface area contributed by atoms with Crippen molar-refractivity contribution in [2.75, 3.05) is 17.9 Å². The molecule has 0 atom stereocenters. The molecule has 0 saturated heterocycles. The summed E-state index contributed by atoms with van der Waals surface area (Å²) in [6.45, 7) is 6.51. The Hall–Kier alpha value is -1.36. The predicted octanol–water partition coefficient (Wildman–Crippen LogP) is 2.89. The number of ether oxygens (including phenoxy) is 2. The number of hydrogen-bond donors (Lipinski definition) is 1. The minimum atomic E-state index is -0.00575. The molecule has 0 radical (unpaired) electrons. The van der Waals surface area contributed by atoms with E-state index < -0.39 is 0 Å². The summed E-state index contributed by atoms with van der Waals surface area (Å²) in [5, 5.41) is 2.85. The molecule has 18 heavy (non-hydrogen) atoms. The molecular formula is C13H17NO3S. The number of carbonyl (C=O) groups excluding carboxylic acids is 1. The second-order valence-corrected chi connectivity index (χ2v) is 6.82. The fourth-order valence-electron chi connectivity index (χ4n) is 1.45. The van der Waals surface area contributed by atoms with E-state index in [2.05, 4.69) is 26.1 Å². The highest BCUT2D eigenvalue weighted by Crippen LogP contribution is 2.34. The van der Waals surface area contributed by atoms with Crippen LogP contribution in [0, 0.1) is 0 Å². The molecule has 0 fully saturated rings. The monoisotopic (exact) mass is 267 g/mol. The molecule has 1 aromatic carbocycles. The molecule has 0 spiro atoms. The van der Waals surface area contributed by atoms with Crippen LogP contribution in [0.15, 0.2) is 18.2 Å². The van der Waals surface area contributed by atoms with Crippen LogP contribution in [0.3, 0.4) is 0 Å². The van der Waals surface area contributed by atoms with Gasteiger partial charge in [0.25, 0.3) is 0 Å². The third kappa shape index (κ3) is 3.57. The molecular weight excluding hydrogens is 250 g/mol. The summed E-state index contributed by atoms with van der Waals surface area (Å²) in [6.07, 6.45) is 0. The first-order chi connectivity index (χ1) is 8.44. The summed E-state index contributed by atoms with van der Waals surface area (Å²) in [5.74, 6) is 1.83. The third-order valence-electron chi connectivity index (χ3n) is 2.29. The molecule has 0 aromatic heterocycles. The number of anilines is 1. The first-order valence-corrected chi connectivity index (χ1v) is 6.76. The van der Waals surface area contributed by atoms with Gasteiger partial charge < -0.3 is 14.8 Å². The first-order valence-electron chi connectivity index (χ1n) is 5.77. The highest BCUT2D eigenvalue weighted by atomic mass is 32.2. The molecule has 5 heteroatoms. The van der Waals surface area contributed by atoms with E-state index in [0.29, 0.717) is 11.5 Å². The first kappa shape index (κ1) is 13.1. The van der Waals surface area contributed by atoms with Crippen LogP contribution in [0.1, 0.15) is 20.8 Å². The van der Waals surface area contributed by atoms with E-state index in [-0.39, 0.29) is 17.4 Å². The van der Waals surface area contributed by atoms with Crippen molar-refractivity contribution >= 4 is 23.4 Å². The maximum atomic E-state index is 11.8. The van der Waals surface area contributed by atoms with Gasteiger partial charge in [-0.05, 0) is 12.1 Å². The van der Waals surface area contributed by atoms with E-state index in [0.717, 1.165) is 11.4 Å². The normalized spacial score (nSPS) is 13.5. The molecule has 2 rings (SSSR count). The van der Waals surface area contributed by atoms with Crippen molar-refractivity contribution in [2.45, 2.75) is 25.5 Å². The van der Waals surface area contributed by atoms with E-state index in [1.165, 1.54) is 0 Å². The van der Waals surface area contributed by atoms with E-state index in [9.17, 15) is 4.79 Å². The van der Waals surface area contributed by atoms with Gasteiger partial charge in [0.15, 0.2) is 11.5 Å². The van der Waals surface area contributed by atoms with Crippen LogP contribution >= 0.6 is 11.8 Å². The van der Waals surface area contributed by atoms with Gasteiger partial charge in [0.2, 0.25) is 12.7 Å². The highest BCUT2D eigenvalue weighted by Gasteiger charge is 2.16. The number of thioether (sulfide) groups is 1. The smallest absolute Gasteiger partial charge is 0.234 e.